The van der Waals surface area contributed by atoms with Gasteiger partial charge in [0.2, 0.25) is 0 Å². The van der Waals surface area contributed by atoms with E-state index in [1.54, 1.807) is 0 Å². The summed E-state index contributed by atoms with van der Waals surface area (Å²) in [5, 5.41) is 0. The highest BCUT2D eigenvalue weighted by Gasteiger charge is 2.45. The second kappa shape index (κ2) is 8.64. The summed E-state index contributed by atoms with van der Waals surface area (Å²) in [5.74, 6) is -0.584. The monoisotopic (exact) mass is 336 g/mol. The molecule has 0 aromatic heterocycles. The van der Waals surface area contributed by atoms with Gasteiger partial charge in [-0.25, -0.2) is 0 Å². The molecule has 0 aliphatic carbocycles. The standard InChI is InChI=1S/C19H32O3Si/c1-14(2)23(15(3)4,16(5)6)22-13-18(19(20)21-7)17-11-9-8-10-12-17/h8-12,14-16,18H,13H2,1-7H3/t18-/m1/s1. The van der Waals surface area contributed by atoms with E-state index in [1.165, 1.54) is 7.11 Å². The quantitative estimate of drug-likeness (QED) is 0.487. The highest BCUT2D eigenvalue weighted by Crippen LogP contribution is 2.42. The number of methoxy groups -OCH3 is 1. The van der Waals surface area contributed by atoms with Crippen LogP contribution in [0.15, 0.2) is 30.3 Å². The highest BCUT2D eigenvalue weighted by molar-refractivity contribution is 6.77. The third-order valence-electron chi connectivity index (χ3n) is 4.89. The molecule has 0 aliphatic rings. The van der Waals surface area contributed by atoms with Gasteiger partial charge in [-0.1, -0.05) is 71.9 Å². The first kappa shape index (κ1) is 19.9. The van der Waals surface area contributed by atoms with Crippen LogP contribution in [-0.2, 0) is 14.0 Å². The minimum Gasteiger partial charge on any atom is -0.468 e. The molecule has 0 aliphatic heterocycles. The van der Waals surface area contributed by atoms with Gasteiger partial charge in [0.25, 0.3) is 0 Å². The van der Waals surface area contributed by atoms with Gasteiger partial charge in [0.15, 0.2) is 8.32 Å². The van der Waals surface area contributed by atoms with Crippen LogP contribution >= 0.6 is 0 Å². The van der Waals surface area contributed by atoms with Crippen molar-refractivity contribution < 1.29 is 14.0 Å². The first-order valence-electron chi connectivity index (χ1n) is 8.54. The molecule has 0 saturated heterocycles. The summed E-state index contributed by atoms with van der Waals surface area (Å²) in [7, 11) is -0.549. The van der Waals surface area contributed by atoms with Crippen molar-refractivity contribution in [3.63, 3.8) is 0 Å². The van der Waals surface area contributed by atoms with E-state index in [4.69, 9.17) is 9.16 Å². The van der Waals surface area contributed by atoms with Crippen molar-refractivity contribution in [1.29, 1.82) is 0 Å². The van der Waals surface area contributed by atoms with Gasteiger partial charge < -0.3 is 9.16 Å². The predicted octanol–water partition coefficient (Wildman–Crippen LogP) is 5.14. The summed E-state index contributed by atoms with van der Waals surface area (Å²) in [4.78, 5) is 12.3. The summed E-state index contributed by atoms with van der Waals surface area (Å²) < 4.78 is 11.6. The lowest BCUT2D eigenvalue weighted by Crippen LogP contribution is -2.48. The maximum Gasteiger partial charge on any atom is 0.315 e. The number of esters is 1. The number of ether oxygens (including phenoxy) is 1. The predicted molar refractivity (Wildman–Crippen MR) is 98.2 cm³/mol. The molecule has 1 atom stereocenters. The first-order valence-corrected chi connectivity index (χ1v) is 10.7. The molecule has 1 aromatic rings. The molecule has 0 spiro atoms. The van der Waals surface area contributed by atoms with Crippen molar-refractivity contribution >= 4 is 14.3 Å². The molecular weight excluding hydrogens is 304 g/mol. The Kier molecular flexibility index (Phi) is 7.48. The number of carbonyl (C=O) groups excluding carboxylic acids is 1. The highest BCUT2D eigenvalue weighted by atomic mass is 28.4. The molecule has 0 unspecified atom stereocenters. The van der Waals surface area contributed by atoms with Gasteiger partial charge in [0, 0.05) is 0 Å². The van der Waals surface area contributed by atoms with E-state index < -0.39 is 8.32 Å². The zero-order chi connectivity index (χ0) is 17.6. The smallest absolute Gasteiger partial charge is 0.315 e. The largest absolute Gasteiger partial charge is 0.468 e. The van der Waals surface area contributed by atoms with E-state index in [1.807, 2.05) is 30.3 Å². The van der Waals surface area contributed by atoms with E-state index in [0.29, 0.717) is 23.2 Å². The summed E-state index contributed by atoms with van der Waals surface area (Å²) in [6.45, 7) is 13.9. The van der Waals surface area contributed by atoms with Crippen LogP contribution in [0.25, 0.3) is 0 Å². The Balaban J connectivity index is 3.06. The van der Waals surface area contributed by atoms with Crippen LogP contribution in [0.4, 0.5) is 0 Å². The van der Waals surface area contributed by atoms with Crippen molar-refractivity contribution in [2.75, 3.05) is 13.7 Å². The topological polar surface area (TPSA) is 35.5 Å². The van der Waals surface area contributed by atoms with Gasteiger partial charge in [-0.3, -0.25) is 4.79 Å². The van der Waals surface area contributed by atoms with Crippen LogP contribution < -0.4 is 0 Å². The van der Waals surface area contributed by atoms with Crippen LogP contribution in [0.5, 0.6) is 0 Å². The third-order valence-corrected chi connectivity index (χ3v) is 11.0. The van der Waals surface area contributed by atoms with Gasteiger partial charge >= 0.3 is 5.97 Å². The van der Waals surface area contributed by atoms with E-state index in [0.717, 1.165) is 5.56 Å². The Morgan fingerprint density at radius 3 is 1.83 bits per heavy atom. The van der Waals surface area contributed by atoms with Crippen LogP contribution in [0.3, 0.4) is 0 Å². The molecule has 0 heterocycles. The number of hydrogen-bond donors (Lipinski definition) is 0. The second-order valence-corrected chi connectivity index (χ2v) is 12.6. The Morgan fingerprint density at radius 1 is 0.957 bits per heavy atom. The fraction of sp³-hybridized carbons (Fsp3) is 0.632. The zero-order valence-corrected chi connectivity index (χ0v) is 16.6. The number of benzene rings is 1. The van der Waals surface area contributed by atoms with Gasteiger partial charge in [-0.05, 0) is 22.2 Å². The van der Waals surface area contributed by atoms with Gasteiger partial charge in [-0.15, -0.1) is 0 Å². The SMILES string of the molecule is COC(=O)[C@H](CO[Si](C(C)C)(C(C)C)C(C)C)c1ccccc1. The normalized spacial score (nSPS) is 13.7. The first-order chi connectivity index (χ1) is 10.8. The van der Waals surface area contributed by atoms with Gasteiger partial charge in [-0.2, -0.15) is 0 Å². The Morgan fingerprint density at radius 2 is 1.43 bits per heavy atom. The van der Waals surface area contributed by atoms with E-state index in [-0.39, 0.29) is 11.9 Å². The van der Waals surface area contributed by atoms with E-state index in [2.05, 4.69) is 41.5 Å². The summed E-state index contributed by atoms with van der Waals surface area (Å²) in [5.41, 5.74) is 2.45. The van der Waals surface area contributed by atoms with Crippen LogP contribution in [0.1, 0.15) is 53.0 Å². The summed E-state index contributed by atoms with van der Waals surface area (Å²) in [6.07, 6.45) is 0. The van der Waals surface area contributed by atoms with Crippen molar-refractivity contribution in [3.8, 4) is 0 Å². The van der Waals surface area contributed by atoms with Crippen molar-refractivity contribution in [2.45, 2.75) is 64.1 Å². The molecule has 0 fully saturated rings. The Labute approximate surface area is 142 Å². The molecular formula is C19H32O3Si. The second-order valence-electron chi connectivity index (χ2n) is 7.12. The number of carbonyl (C=O) groups is 1. The average molecular weight is 337 g/mol. The molecule has 0 saturated carbocycles. The molecule has 0 N–H and O–H groups in total. The maximum absolute atomic E-state index is 12.3. The number of rotatable bonds is 8. The minimum absolute atomic E-state index is 0.227. The fourth-order valence-corrected chi connectivity index (χ4v) is 9.31. The minimum atomic E-state index is -1.99. The summed E-state index contributed by atoms with van der Waals surface area (Å²) in [6, 6.07) is 9.78. The molecule has 0 radical (unpaired) electrons. The van der Waals surface area contributed by atoms with Crippen LogP contribution in [0.2, 0.25) is 16.6 Å². The van der Waals surface area contributed by atoms with Gasteiger partial charge in [0.1, 0.15) is 5.92 Å². The average Bonchev–Trinajstić information content (AvgIpc) is 2.50. The molecule has 23 heavy (non-hydrogen) atoms. The van der Waals surface area contributed by atoms with Crippen LogP contribution in [-0.4, -0.2) is 28.0 Å². The molecule has 1 rings (SSSR count). The van der Waals surface area contributed by atoms with Gasteiger partial charge in [0.05, 0.1) is 13.7 Å². The van der Waals surface area contributed by atoms with E-state index in [9.17, 15) is 4.79 Å². The maximum atomic E-state index is 12.3. The molecule has 130 valence electrons. The lowest BCUT2D eigenvalue weighted by Gasteiger charge is -2.42. The summed E-state index contributed by atoms with van der Waals surface area (Å²) >= 11 is 0. The molecule has 0 amide bonds. The van der Waals surface area contributed by atoms with E-state index >= 15 is 0 Å². The molecule has 0 bridgehead atoms. The Hall–Kier alpha value is -1.13. The lowest BCUT2D eigenvalue weighted by molar-refractivity contribution is -0.143. The molecule has 4 heteroatoms. The number of hydrogen-bond acceptors (Lipinski definition) is 3. The van der Waals surface area contributed by atoms with Crippen molar-refractivity contribution in [2.24, 2.45) is 0 Å². The van der Waals surface area contributed by atoms with Crippen LogP contribution in [0, 0.1) is 0 Å². The molecule has 3 nitrogen and oxygen atoms in total. The third kappa shape index (κ3) is 4.45. The Bertz CT molecular complexity index is 461. The molecule has 1 aromatic carbocycles. The van der Waals surface area contributed by atoms with Crippen molar-refractivity contribution in [3.05, 3.63) is 35.9 Å². The fourth-order valence-electron chi connectivity index (χ4n) is 3.86. The van der Waals surface area contributed by atoms with Crippen molar-refractivity contribution in [1.82, 2.24) is 0 Å². The lowest BCUT2D eigenvalue weighted by atomic mass is 10.0. The zero-order valence-electron chi connectivity index (χ0n) is 15.6.